The number of methoxy groups -OCH3 is 1. The summed E-state index contributed by atoms with van der Waals surface area (Å²) in [6, 6.07) is 1.83. The van der Waals surface area contributed by atoms with E-state index in [1.807, 2.05) is 38.5 Å². The fraction of sp³-hybridized carbons (Fsp3) is 0.333. The zero-order valence-corrected chi connectivity index (χ0v) is 17.8. The van der Waals surface area contributed by atoms with Crippen LogP contribution in [0.2, 0.25) is 0 Å². The Labute approximate surface area is 170 Å². The van der Waals surface area contributed by atoms with Crippen LogP contribution in [0.4, 0.5) is 5.00 Å². The number of aromatic nitrogens is 3. The van der Waals surface area contributed by atoms with Crippen molar-refractivity contribution < 1.29 is 18.7 Å². The zero-order valence-electron chi connectivity index (χ0n) is 16.2. The van der Waals surface area contributed by atoms with Gasteiger partial charge in [0.15, 0.2) is 11.0 Å². The first-order valence-corrected chi connectivity index (χ1v) is 10.2. The van der Waals surface area contributed by atoms with Gasteiger partial charge in [0.25, 0.3) is 0 Å². The zero-order chi connectivity index (χ0) is 20.4. The number of nitrogens with one attached hydrogen (secondary N) is 1. The first-order chi connectivity index (χ1) is 13.3. The maximum absolute atomic E-state index is 12.4. The summed E-state index contributed by atoms with van der Waals surface area (Å²) in [6.45, 7) is 5.59. The highest BCUT2D eigenvalue weighted by molar-refractivity contribution is 7.99. The number of furan rings is 1. The number of thioether (sulfide) groups is 1. The van der Waals surface area contributed by atoms with E-state index in [2.05, 4.69) is 15.5 Å². The predicted octanol–water partition coefficient (Wildman–Crippen LogP) is 3.58. The lowest BCUT2D eigenvalue weighted by atomic mass is 10.1. The third kappa shape index (κ3) is 3.83. The quantitative estimate of drug-likeness (QED) is 0.481. The van der Waals surface area contributed by atoms with Gasteiger partial charge >= 0.3 is 5.97 Å². The fourth-order valence-corrected chi connectivity index (χ4v) is 4.42. The van der Waals surface area contributed by atoms with Crippen molar-refractivity contribution in [3.05, 3.63) is 34.1 Å². The maximum atomic E-state index is 12.4. The molecule has 0 aliphatic heterocycles. The minimum absolute atomic E-state index is 0.132. The number of hydrogen-bond acceptors (Lipinski definition) is 8. The molecule has 28 heavy (non-hydrogen) atoms. The highest BCUT2D eigenvalue weighted by Crippen LogP contribution is 2.33. The Morgan fingerprint density at radius 2 is 2.07 bits per heavy atom. The largest absolute Gasteiger partial charge is 0.469 e. The Bertz CT molecular complexity index is 1030. The SMILES string of the molecule is COC(=O)c1c(NC(=O)CSc2nnc(-c3ccoc3C)n2C)sc(C)c1C. The van der Waals surface area contributed by atoms with Gasteiger partial charge in [0, 0.05) is 11.9 Å². The second-order valence-electron chi connectivity index (χ2n) is 6.07. The normalized spacial score (nSPS) is 10.9. The van der Waals surface area contributed by atoms with Gasteiger partial charge in [0.2, 0.25) is 5.91 Å². The fourth-order valence-electron chi connectivity index (χ4n) is 2.65. The Hall–Kier alpha value is -2.59. The van der Waals surface area contributed by atoms with Crippen molar-refractivity contribution in [2.75, 3.05) is 18.2 Å². The Kier molecular flexibility index (Phi) is 5.90. The second-order valence-corrected chi connectivity index (χ2v) is 8.24. The molecule has 0 saturated heterocycles. The molecule has 1 N–H and O–H groups in total. The van der Waals surface area contributed by atoms with Crippen LogP contribution in [0.15, 0.2) is 21.9 Å². The summed E-state index contributed by atoms with van der Waals surface area (Å²) in [5.74, 6) is 0.862. The highest BCUT2D eigenvalue weighted by atomic mass is 32.2. The van der Waals surface area contributed by atoms with Crippen LogP contribution in [0, 0.1) is 20.8 Å². The molecule has 148 valence electrons. The topological polar surface area (TPSA) is 99.2 Å². The van der Waals surface area contributed by atoms with Gasteiger partial charge in [-0.05, 0) is 32.4 Å². The number of anilines is 1. The summed E-state index contributed by atoms with van der Waals surface area (Å²) in [5, 5.41) is 12.3. The molecule has 0 unspecified atom stereocenters. The van der Waals surface area contributed by atoms with Crippen LogP contribution in [0.5, 0.6) is 0 Å². The molecule has 0 aliphatic carbocycles. The van der Waals surface area contributed by atoms with E-state index in [-0.39, 0.29) is 11.7 Å². The molecule has 0 saturated carbocycles. The van der Waals surface area contributed by atoms with E-state index in [1.165, 1.54) is 30.2 Å². The average molecular weight is 421 g/mol. The van der Waals surface area contributed by atoms with Crippen molar-refractivity contribution >= 4 is 40.0 Å². The van der Waals surface area contributed by atoms with Crippen molar-refractivity contribution in [1.82, 2.24) is 14.8 Å². The molecule has 0 fully saturated rings. The van der Waals surface area contributed by atoms with Crippen LogP contribution in [0.3, 0.4) is 0 Å². The van der Waals surface area contributed by atoms with E-state index in [9.17, 15) is 9.59 Å². The van der Waals surface area contributed by atoms with Crippen LogP contribution < -0.4 is 5.32 Å². The lowest BCUT2D eigenvalue weighted by Gasteiger charge is -2.06. The molecule has 3 aromatic heterocycles. The molecule has 3 heterocycles. The van der Waals surface area contributed by atoms with Crippen molar-refractivity contribution in [3.63, 3.8) is 0 Å². The van der Waals surface area contributed by atoms with Gasteiger partial charge in [0.05, 0.1) is 30.3 Å². The summed E-state index contributed by atoms with van der Waals surface area (Å²) in [4.78, 5) is 25.4. The van der Waals surface area contributed by atoms with Gasteiger partial charge in [-0.25, -0.2) is 4.79 Å². The van der Waals surface area contributed by atoms with Gasteiger partial charge in [-0.15, -0.1) is 21.5 Å². The number of rotatable bonds is 6. The van der Waals surface area contributed by atoms with E-state index < -0.39 is 5.97 Å². The molecule has 0 atom stereocenters. The van der Waals surface area contributed by atoms with E-state index in [1.54, 1.807) is 6.26 Å². The summed E-state index contributed by atoms with van der Waals surface area (Å²) in [7, 11) is 3.16. The molecule has 10 heteroatoms. The third-order valence-electron chi connectivity index (χ3n) is 4.29. The van der Waals surface area contributed by atoms with Gasteiger partial charge < -0.3 is 19.0 Å². The van der Waals surface area contributed by atoms with Crippen LogP contribution in [-0.2, 0) is 16.6 Å². The summed E-state index contributed by atoms with van der Waals surface area (Å²) < 4.78 is 12.0. The number of aryl methyl sites for hydroxylation is 2. The lowest BCUT2D eigenvalue weighted by molar-refractivity contribution is -0.113. The number of hydrogen-bond donors (Lipinski definition) is 1. The standard InChI is InChI=1S/C18H20N4O4S2/c1-9-11(3)28-16(14(9)17(24)25-5)19-13(23)8-27-18-21-20-15(22(18)4)12-6-7-26-10(12)2/h6-7H,8H2,1-5H3,(H,19,23). The summed E-state index contributed by atoms with van der Waals surface area (Å²) >= 11 is 2.62. The van der Waals surface area contributed by atoms with Gasteiger partial charge in [-0.3, -0.25) is 4.79 Å². The van der Waals surface area contributed by atoms with E-state index in [0.29, 0.717) is 21.5 Å². The van der Waals surface area contributed by atoms with Crippen molar-refractivity contribution in [2.24, 2.45) is 7.05 Å². The summed E-state index contributed by atoms with van der Waals surface area (Å²) in [5.41, 5.74) is 2.08. The number of nitrogens with zero attached hydrogens (tertiary/aromatic N) is 3. The van der Waals surface area contributed by atoms with E-state index in [4.69, 9.17) is 9.15 Å². The minimum Gasteiger partial charge on any atom is -0.469 e. The number of carbonyl (C=O) groups is 2. The highest BCUT2D eigenvalue weighted by Gasteiger charge is 2.22. The number of esters is 1. The first kappa shape index (κ1) is 20.2. The molecule has 1 amide bonds. The molecule has 3 rings (SSSR count). The van der Waals surface area contributed by atoms with Gasteiger partial charge in [-0.2, -0.15) is 0 Å². The number of amides is 1. The van der Waals surface area contributed by atoms with Crippen molar-refractivity contribution in [3.8, 4) is 11.4 Å². The molecule has 0 spiro atoms. The van der Waals surface area contributed by atoms with Crippen LogP contribution in [0.1, 0.15) is 26.6 Å². The summed E-state index contributed by atoms with van der Waals surface area (Å²) in [6.07, 6.45) is 1.60. The van der Waals surface area contributed by atoms with Crippen molar-refractivity contribution in [2.45, 2.75) is 25.9 Å². The molecule has 0 aliphatic rings. The average Bonchev–Trinajstić information content (AvgIpc) is 3.31. The van der Waals surface area contributed by atoms with Crippen LogP contribution in [-0.4, -0.2) is 39.5 Å². The maximum Gasteiger partial charge on any atom is 0.341 e. The smallest absolute Gasteiger partial charge is 0.341 e. The van der Waals surface area contributed by atoms with E-state index in [0.717, 1.165) is 21.8 Å². The van der Waals surface area contributed by atoms with E-state index >= 15 is 0 Å². The Balaban J connectivity index is 1.69. The number of ether oxygens (including phenoxy) is 1. The first-order valence-electron chi connectivity index (χ1n) is 8.38. The van der Waals surface area contributed by atoms with Gasteiger partial charge in [0.1, 0.15) is 10.8 Å². The lowest BCUT2D eigenvalue weighted by Crippen LogP contribution is -2.16. The molecular weight excluding hydrogens is 400 g/mol. The Morgan fingerprint density at radius 3 is 2.71 bits per heavy atom. The predicted molar refractivity (Wildman–Crippen MR) is 108 cm³/mol. The second kappa shape index (κ2) is 8.19. The molecule has 0 aromatic carbocycles. The molecular formula is C18H20N4O4S2. The third-order valence-corrected chi connectivity index (χ3v) is 6.44. The molecule has 0 bridgehead atoms. The monoisotopic (exact) mass is 420 g/mol. The molecule has 0 radical (unpaired) electrons. The van der Waals surface area contributed by atoms with Crippen molar-refractivity contribution in [1.29, 1.82) is 0 Å². The Morgan fingerprint density at radius 1 is 1.32 bits per heavy atom. The van der Waals surface area contributed by atoms with Crippen LogP contribution >= 0.6 is 23.1 Å². The minimum atomic E-state index is -0.460. The van der Waals surface area contributed by atoms with Crippen LogP contribution in [0.25, 0.3) is 11.4 Å². The van der Waals surface area contributed by atoms with Gasteiger partial charge in [-0.1, -0.05) is 11.8 Å². The number of thiophene rings is 1. The number of carbonyl (C=O) groups excluding carboxylic acids is 2. The molecule has 3 aromatic rings. The molecule has 8 nitrogen and oxygen atoms in total.